The monoisotopic (exact) mass is 524 g/mol. The van der Waals surface area contributed by atoms with Gasteiger partial charge in [0, 0.05) is 56.3 Å². The molecule has 2 aliphatic heterocycles. The molecule has 3 unspecified atom stereocenters. The van der Waals surface area contributed by atoms with E-state index in [4.69, 9.17) is 0 Å². The molecule has 0 saturated carbocycles. The van der Waals surface area contributed by atoms with E-state index in [9.17, 15) is 28.4 Å². The minimum atomic E-state index is -4.29. The number of anilines is 1. The second kappa shape index (κ2) is 8.79. The van der Waals surface area contributed by atoms with E-state index < -0.39 is 43.0 Å². The van der Waals surface area contributed by atoms with Gasteiger partial charge in [-0.15, -0.1) is 0 Å². The molecule has 11 heteroatoms. The second-order valence-electron chi connectivity index (χ2n) is 9.93. The predicted molar refractivity (Wildman–Crippen MR) is 139 cm³/mol. The predicted octanol–water partition coefficient (Wildman–Crippen LogP) is 3.33. The number of carboxylic acid groups (broad SMARTS) is 1. The van der Waals surface area contributed by atoms with Gasteiger partial charge < -0.3 is 10.0 Å². The molecule has 2 heterocycles. The SMILES string of the molecule is CN(C)c1ccc(C2CC3CN(S(=O)(=O)c4ccccc4[N+](=O)[O-])CC3(C(=O)O)N2C)c2ccccc12. The van der Waals surface area contributed by atoms with Crippen LogP contribution in [0.5, 0.6) is 0 Å². The Labute approximate surface area is 214 Å². The average Bonchev–Trinajstić information content (AvgIpc) is 3.39. The number of aliphatic carboxylic acids is 1. The highest BCUT2D eigenvalue weighted by atomic mass is 32.2. The molecule has 1 N–H and O–H groups in total. The Morgan fingerprint density at radius 1 is 1.08 bits per heavy atom. The van der Waals surface area contributed by atoms with Gasteiger partial charge in [0.2, 0.25) is 10.0 Å². The topological polar surface area (TPSA) is 124 Å². The largest absolute Gasteiger partial charge is 0.480 e. The number of rotatable bonds is 6. The number of hydrogen-bond acceptors (Lipinski definition) is 7. The van der Waals surface area contributed by atoms with E-state index >= 15 is 0 Å². The van der Waals surface area contributed by atoms with Gasteiger partial charge in [-0.25, -0.2) is 8.42 Å². The molecule has 2 fully saturated rings. The van der Waals surface area contributed by atoms with Crippen molar-refractivity contribution < 1.29 is 23.2 Å². The molecule has 0 aliphatic carbocycles. The minimum Gasteiger partial charge on any atom is -0.480 e. The first-order valence-corrected chi connectivity index (χ1v) is 13.3. The van der Waals surface area contributed by atoms with E-state index in [1.165, 1.54) is 18.2 Å². The van der Waals surface area contributed by atoms with Crippen molar-refractivity contribution in [2.75, 3.05) is 39.1 Å². The average molecular weight is 525 g/mol. The van der Waals surface area contributed by atoms with E-state index in [1.54, 1.807) is 11.9 Å². The summed E-state index contributed by atoms with van der Waals surface area (Å²) in [6.07, 6.45) is 0.441. The van der Waals surface area contributed by atoms with Gasteiger partial charge in [-0.05, 0) is 36.6 Å². The summed E-state index contributed by atoms with van der Waals surface area (Å²) in [5.74, 6) is -1.60. The zero-order chi connectivity index (χ0) is 26.7. The smallest absolute Gasteiger partial charge is 0.325 e. The van der Waals surface area contributed by atoms with E-state index in [-0.39, 0.29) is 19.1 Å². The zero-order valence-corrected chi connectivity index (χ0v) is 21.6. The maximum Gasteiger partial charge on any atom is 0.325 e. The van der Waals surface area contributed by atoms with Crippen molar-refractivity contribution in [3.63, 3.8) is 0 Å². The lowest BCUT2D eigenvalue weighted by atomic mass is 9.87. The number of sulfonamides is 1. The van der Waals surface area contributed by atoms with Crippen molar-refractivity contribution in [3.8, 4) is 0 Å². The zero-order valence-electron chi connectivity index (χ0n) is 20.7. The van der Waals surface area contributed by atoms with Crippen molar-refractivity contribution in [2.24, 2.45) is 5.92 Å². The molecule has 0 amide bonds. The van der Waals surface area contributed by atoms with Crippen molar-refractivity contribution in [1.29, 1.82) is 0 Å². The number of nitrogens with zero attached hydrogens (tertiary/aromatic N) is 4. The Balaban J connectivity index is 1.54. The molecule has 0 radical (unpaired) electrons. The summed E-state index contributed by atoms with van der Waals surface area (Å²) in [6, 6.07) is 17.0. The highest BCUT2D eigenvalue weighted by molar-refractivity contribution is 7.89. The summed E-state index contributed by atoms with van der Waals surface area (Å²) in [6.45, 7) is -0.322. The van der Waals surface area contributed by atoms with Gasteiger partial charge in [-0.3, -0.25) is 19.8 Å². The Kier molecular flexibility index (Phi) is 5.97. The third-order valence-corrected chi connectivity index (χ3v) is 9.81. The van der Waals surface area contributed by atoms with E-state index in [0.717, 1.165) is 32.4 Å². The lowest BCUT2D eigenvalue weighted by molar-refractivity contribution is -0.387. The van der Waals surface area contributed by atoms with Crippen LogP contribution in [-0.4, -0.2) is 73.4 Å². The summed E-state index contributed by atoms with van der Waals surface area (Å²) >= 11 is 0. The molecule has 5 rings (SSSR count). The Hall–Kier alpha value is -3.54. The number of carbonyl (C=O) groups is 1. The number of nitro groups is 1. The number of para-hydroxylation sites is 1. The van der Waals surface area contributed by atoms with Crippen molar-refractivity contribution in [2.45, 2.75) is 22.9 Å². The molecule has 0 spiro atoms. The molecule has 194 valence electrons. The molecular weight excluding hydrogens is 496 g/mol. The van der Waals surface area contributed by atoms with Crippen molar-refractivity contribution in [3.05, 3.63) is 76.3 Å². The Morgan fingerprint density at radius 2 is 1.73 bits per heavy atom. The number of fused-ring (bicyclic) bond motifs is 2. The van der Waals surface area contributed by atoms with Gasteiger partial charge in [0.05, 0.1) is 4.92 Å². The third kappa shape index (κ3) is 3.68. The Bertz CT molecular complexity index is 1520. The van der Waals surface area contributed by atoms with Gasteiger partial charge in [0.15, 0.2) is 4.90 Å². The number of carboxylic acids is 1. The lowest BCUT2D eigenvalue weighted by Crippen LogP contribution is -2.54. The fourth-order valence-electron chi connectivity index (χ4n) is 6.10. The van der Waals surface area contributed by atoms with Crippen LogP contribution in [-0.2, 0) is 14.8 Å². The standard InChI is InChI=1S/C26H28N4O6S/c1-27(2)21-13-12-20(18-8-4-5-9-19(18)21)23-14-17-15-29(16-26(17,25(31)32)28(23)3)37(35,36)24-11-7-6-10-22(24)30(33)34/h4-13,17,23H,14-16H2,1-3H3,(H,31,32). The minimum absolute atomic E-state index is 0.0325. The molecule has 3 aromatic carbocycles. The molecule has 2 aliphatic rings. The maximum atomic E-state index is 13.5. The van der Waals surface area contributed by atoms with E-state index in [2.05, 4.69) is 0 Å². The summed E-state index contributed by atoms with van der Waals surface area (Å²) in [7, 11) is 1.39. The fourth-order valence-corrected chi connectivity index (χ4v) is 7.78. The molecule has 37 heavy (non-hydrogen) atoms. The maximum absolute atomic E-state index is 13.5. The number of likely N-dealkylation sites (tertiary alicyclic amines) is 1. The lowest BCUT2D eigenvalue weighted by Gasteiger charge is -2.35. The highest BCUT2D eigenvalue weighted by Gasteiger charge is 2.63. The first kappa shape index (κ1) is 25.1. The van der Waals surface area contributed by atoms with Gasteiger partial charge >= 0.3 is 5.97 Å². The van der Waals surface area contributed by atoms with Crippen LogP contribution in [0.2, 0.25) is 0 Å². The molecule has 0 bridgehead atoms. The first-order chi connectivity index (χ1) is 17.5. The quantitative estimate of drug-likeness (QED) is 0.385. The van der Waals surface area contributed by atoms with Crippen LogP contribution in [0.1, 0.15) is 18.0 Å². The first-order valence-electron chi connectivity index (χ1n) is 11.9. The van der Waals surface area contributed by atoms with Crippen LogP contribution in [0.3, 0.4) is 0 Å². The molecule has 0 aromatic heterocycles. The number of nitro benzene ring substituents is 1. The third-order valence-electron chi connectivity index (χ3n) is 7.95. The Morgan fingerprint density at radius 3 is 2.35 bits per heavy atom. The molecular formula is C26H28N4O6S. The van der Waals surface area contributed by atoms with Gasteiger partial charge in [-0.1, -0.05) is 42.5 Å². The normalized spacial score (nSPS) is 24.3. The summed E-state index contributed by atoms with van der Waals surface area (Å²) in [5.41, 5.74) is 0.0621. The van der Waals surface area contributed by atoms with Crippen LogP contribution in [0.25, 0.3) is 10.8 Å². The van der Waals surface area contributed by atoms with Crippen LogP contribution in [0.15, 0.2) is 65.6 Å². The van der Waals surface area contributed by atoms with Gasteiger partial charge in [0.25, 0.3) is 5.69 Å². The summed E-state index contributed by atoms with van der Waals surface area (Å²) < 4.78 is 28.1. The number of likely N-dealkylation sites (N-methyl/N-ethyl adjacent to an activating group) is 1. The van der Waals surface area contributed by atoms with E-state index in [0.29, 0.717) is 6.42 Å². The number of hydrogen-bond donors (Lipinski definition) is 1. The highest BCUT2D eigenvalue weighted by Crippen LogP contribution is 2.52. The van der Waals surface area contributed by atoms with Crippen molar-refractivity contribution in [1.82, 2.24) is 9.21 Å². The van der Waals surface area contributed by atoms with Crippen LogP contribution in [0.4, 0.5) is 11.4 Å². The summed E-state index contributed by atoms with van der Waals surface area (Å²) in [4.78, 5) is 27.0. The van der Waals surface area contributed by atoms with E-state index in [1.807, 2.05) is 55.4 Å². The van der Waals surface area contributed by atoms with Gasteiger partial charge in [0.1, 0.15) is 5.54 Å². The fraction of sp³-hybridized carbons (Fsp3) is 0.346. The van der Waals surface area contributed by atoms with Crippen LogP contribution < -0.4 is 4.90 Å². The molecule has 3 atom stereocenters. The van der Waals surface area contributed by atoms with Crippen molar-refractivity contribution >= 4 is 38.1 Å². The number of benzene rings is 3. The molecule has 3 aromatic rings. The van der Waals surface area contributed by atoms with Crippen LogP contribution >= 0.6 is 0 Å². The molecule has 2 saturated heterocycles. The van der Waals surface area contributed by atoms with Crippen LogP contribution in [0, 0.1) is 16.0 Å². The molecule has 10 nitrogen and oxygen atoms in total. The van der Waals surface area contributed by atoms with Gasteiger partial charge in [-0.2, -0.15) is 4.31 Å². The second-order valence-corrected chi connectivity index (χ2v) is 11.8. The summed E-state index contributed by atoms with van der Waals surface area (Å²) in [5, 5.41) is 24.0.